The van der Waals surface area contributed by atoms with Gasteiger partial charge in [-0.15, -0.1) is 0 Å². The third-order valence-corrected chi connectivity index (χ3v) is 4.53. The summed E-state index contributed by atoms with van der Waals surface area (Å²) in [7, 11) is 0. The normalized spacial score (nSPS) is 18.5. The summed E-state index contributed by atoms with van der Waals surface area (Å²) < 4.78 is 5.94. The molecular weight excluding hydrogens is 300 g/mol. The van der Waals surface area contributed by atoms with E-state index in [0.29, 0.717) is 13.2 Å². The van der Waals surface area contributed by atoms with Gasteiger partial charge in [-0.2, -0.15) is 0 Å². The fourth-order valence-corrected chi connectivity index (χ4v) is 3.48. The Morgan fingerprint density at radius 3 is 2.83 bits per heavy atom. The van der Waals surface area contributed by atoms with Crippen molar-refractivity contribution in [3.8, 4) is 5.75 Å². The van der Waals surface area contributed by atoms with Gasteiger partial charge >= 0.3 is 6.03 Å². The lowest BCUT2D eigenvalue weighted by atomic mass is 9.92. The van der Waals surface area contributed by atoms with Gasteiger partial charge < -0.3 is 10.1 Å². The third-order valence-electron chi connectivity index (χ3n) is 4.53. The Balaban J connectivity index is 1.90. The lowest BCUT2D eigenvalue weighted by Crippen LogP contribution is -2.47. The van der Waals surface area contributed by atoms with Crippen LogP contribution in [0.25, 0.3) is 0 Å². The van der Waals surface area contributed by atoms with Crippen molar-refractivity contribution in [2.45, 2.75) is 19.4 Å². The van der Waals surface area contributed by atoms with Crippen molar-refractivity contribution in [3.63, 3.8) is 0 Å². The fourth-order valence-electron chi connectivity index (χ4n) is 3.48. The molecule has 122 valence electrons. The van der Waals surface area contributed by atoms with Gasteiger partial charge in [0.1, 0.15) is 5.75 Å². The van der Waals surface area contributed by atoms with E-state index < -0.39 is 0 Å². The summed E-state index contributed by atoms with van der Waals surface area (Å²) >= 11 is 0. The van der Waals surface area contributed by atoms with E-state index in [1.807, 2.05) is 43.3 Å². The molecule has 0 saturated carbocycles. The molecule has 0 aliphatic carbocycles. The number of amides is 2. The standard InChI is InChI=1S/C20H20N2O2/c1-13(2)12-22-16-9-8-15-10-11-24-19(15)17(16)18(21-20(22)23)14-6-4-3-5-7-14/h3-9,18H,1,10-12H2,2H3,(H,21,23). The molecule has 2 amide bonds. The molecular formula is C20H20N2O2. The second kappa shape index (κ2) is 5.71. The maximum Gasteiger partial charge on any atom is 0.322 e. The summed E-state index contributed by atoms with van der Waals surface area (Å²) in [5.41, 5.74) is 5.18. The zero-order valence-corrected chi connectivity index (χ0v) is 13.7. The number of hydrogen-bond acceptors (Lipinski definition) is 2. The van der Waals surface area contributed by atoms with Crippen LogP contribution in [0.5, 0.6) is 5.75 Å². The number of carbonyl (C=O) groups is 1. The van der Waals surface area contributed by atoms with Crippen LogP contribution in [0.15, 0.2) is 54.6 Å². The quantitative estimate of drug-likeness (QED) is 0.874. The number of anilines is 1. The largest absolute Gasteiger partial charge is 0.492 e. The Morgan fingerprint density at radius 2 is 2.08 bits per heavy atom. The van der Waals surface area contributed by atoms with Crippen LogP contribution in [0.1, 0.15) is 29.7 Å². The molecule has 4 rings (SSSR count). The second-order valence-corrected chi connectivity index (χ2v) is 6.42. The third kappa shape index (κ3) is 2.35. The van der Waals surface area contributed by atoms with Crippen molar-refractivity contribution in [3.05, 3.63) is 71.3 Å². The molecule has 1 unspecified atom stereocenters. The van der Waals surface area contributed by atoms with Crippen LogP contribution >= 0.6 is 0 Å². The summed E-state index contributed by atoms with van der Waals surface area (Å²) in [4.78, 5) is 14.5. The molecule has 2 aliphatic heterocycles. The molecule has 0 radical (unpaired) electrons. The molecule has 1 N–H and O–H groups in total. The molecule has 4 nitrogen and oxygen atoms in total. The molecule has 24 heavy (non-hydrogen) atoms. The van der Waals surface area contributed by atoms with Crippen molar-refractivity contribution in [1.29, 1.82) is 0 Å². The molecule has 2 aromatic rings. The first-order valence-electron chi connectivity index (χ1n) is 8.21. The van der Waals surface area contributed by atoms with E-state index in [4.69, 9.17) is 4.74 Å². The van der Waals surface area contributed by atoms with Crippen LogP contribution in [0.2, 0.25) is 0 Å². The van der Waals surface area contributed by atoms with Gasteiger partial charge in [-0.1, -0.05) is 48.6 Å². The summed E-state index contributed by atoms with van der Waals surface area (Å²) in [6.07, 6.45) is 0.915. The van der Waals surface area contributed by atoms with Gasteiger partial charge in [0.25, 0.3) is 0 Å². The summed E-state index contributed by atoms with van der Waals surface area (Å²) in [5, 5.41) is 3.14. The smallest absolute Gasteiger partial charge is 0.322 e. The SMILES string of the molecule is C=C(C)CN1C(=O)NC(c2ccccc2)c2c1ccc1c2OCC1. The molecule has 2 heterocycles. The van der Waals surface area contributed by atoms with E-state index in [1.165, 1.54) is 5.56 Å². The molecule has 0 bridgehead atoms. The predicted octanol–water partition coefficient (Wildman–Crippen LogP) is 3.82. The highest BCUT2D eigenvalue weighted by molar-refractivity contribution is 5.97. The van der Waals surface area contributed by atoms with Crippen LogP contribution in [0.3, 0.4) is 0 Å². The highest BCUT2D eigenvalue weighted by atomic mass is 16.5. The average molecular weight is 320 g/mol. The molecule has 1 atom stereocenters. The molecule has 0 fully saturated rings. The highest BCUT2D eigenvalue weighted by Gasteiger charge is 2.36. The number of ether oxygens (including phenoxy) is 1. The molecule has 2 aromatic carbocycles. The predicted molar refractivity (Wildman–Crippen MR) is 94.6 cm³/mol. The Hall–Kier alpha value is -2.75. The van der Waals surface area contributed by atoms with Crippen molar-refractivity contribution >= 4 is 11.7 Å². The molecule has 2 aliphatic rings. The lowest BCUT2D eigenvalue weighted by molar-refractivity contribution is 0.242. The van der Waals surface area contributed by atoms with E-state index in [0.717, 1.165) is 34.6 Å². The van der Waals surface area contributed by atoms with E-state index >= 15 is 0 Å². The number of benzene rings is 2. The Labute approximate surface area is 141 Å². The van der Waals surface area contributed by atoms with Gasteiger partial charge in [0.2, 0.25) is 0 Å². The molecule has 0 spiro atoms. The van der Waals surface area contributed by atoms with Crippen LogP contribution in [-0.4, -0.2) is 19.2 Å². The Kier molecular flexibility index (Phi) is 3.53. The minimum atomic E-state index is -0.192. The minimum absolute atomic E-state index is 0.0997. The summed E-state index contributed by atoms with van der Waals surface area (Å²) in [6, 6.07) is 13.9. The van der Waals surface area contributed by atoms with E-state index in [9.17, 15) is 4.79 Å². The van der Waals surface area contributed by atoms with Gasteiger partial charge in [-0.25, -0.2) is 4.79 Å². The maximum absolute atomic E-state index is 12.7. The van der Waals surface area contributed by atoms with Gasteiger partial charge in [0, 0.05) is 18.5 Å². The Morgan fingerprint density at radius 1 is 1.29 bits per heavy atom. The van der Waals surface area contributed by atoms with Gasteiger partial charge in [0.15, 0.2) is 0 Å². The number of rotatable bonds is 3. The lowest BCUT2D eigenvalue weighted by Gasteiger charge is -2.36. The summed E-state index contributed by atoms with van der Waals surface area (Å²) in [5.74, 6) is 0.924. The topological polar surface area (TPSA) is 41.6 Å². The minimum Gasteiger partial charge on any atom is -0.492 e. The van der Waals surface area contributed by atoms with Gasteiger partial charge in [-0.3, -0.25) is 4.90 Å². The number of nitrogens with zero attached hydrogens (tertiary/aromatic N) is 1. The highest BCUT2D eigenvalue weighted by Crippen LogP contribution is 2.44. The van der Waals surface area contributed by atoms with E-state index in [2.05, 4.69) is 18.0 Å². The maximum atomic E-state index is 12.7. The number of nitrogens with one attached hydrogen (secondary N) is 1. The van der Waals surface area contributed by atoms with Crippen LogP contribution in [0, 0.1) is 0 Å². The van der Waals surface area contributed by atoms with Crippen molar-refractivity contribution in [1.82, 2.24) is 5.32 Å². The first-order valence-corrected chi connectivity index (χ1v) is 8.21. The molecule has 4 heteroatoms. The van der Waals surface area contributed by atoms with Gasteiger partial charge in [-0.05, 0) is 24.1 Å². The fraction of sp³-hybridized carbons (Fsp3) is 0.250. The average Bonchev–Trinajstić information content (AvgIpc) is 3.06. The number of carbonyl (C=O) groups excluding carboxylic acids is 1. The number of hydrogen-bond donors (Lipinski definition) is 1. The first kappa shape index (κ1) is 14.8. The molecule has 0 aromatic heterocycles. The van der Waals surface area contributed by atoms with Crippen LogP contribution in [-0.2, 0) is 6.42 Å². The number of urea groups is 1. The van der Waals surface area contributed by atoms with Crippen LogP contribution in [0.4, 0.5) is 10.5 Å². The monoisotopic (exact) mass is 320 g/mol. The number of fused-ring (bicyclic) bond motifs is 3. The van der Waals surface area contributed by atoms with Gasteiger partial charge in [0.05, 0.1) is 18.3 Å². The van der Waals surface area contributed by atoms with E-state index in [-0.39, 0.29) is 12.1 Å². The Bertz CT molecular complexity index is 814. The van der Waals surface area contributed by atoms with E-state index in [1.54, 1.807) is 4.90 Å². The zero-order valence-electron chi connectivity index (χ0n) is 13.7. The first-order chi connectivity index (χ1) is 11.6. The zero-order chi connectivity index (χ0) is 16.7. The van der Waals surface area contributed by atoms with Crippen molar-refractivity contribution in [2.75, 3.05) is 18.1 Å². The van der Waals surface area contributed by atoms with Crippen molar-refractivity contribution < 1.29 is 9.53 Å². The summed E-state index contributed by atoms with van der Waals surface area (Å²) in [6.45, 7) is 7.08. The van der Waals surface area contributed by atoms with Crippen LogP contribution < -0.4 is 15.0 Å². The second-order valence-electron chi connectivity index (χ2n) is 6.42. The van der Waals surface area contributed by atoms with Crippen molar-refractivity contribution in [2.24, 2.45) is 0 Å². The molecule has 0 saturated heterocycles.